The van der Waals surface area contributed by atoms with Gasteiger partial charge in [-0.1, -0.05) is 13.2 Å². The Morgan fingerprint density at radius 1 is 0.667 bits per heavy atom. The molecule has 1 amide bonds. The van der Waals surface area contributed by atoms with Crippen LogP contribution in [0.25, 0.3) is 0 Å². The van der Waals surface area contributed by atoms with Crippen molar-refractivity contribution in [3.05, 3.63) is 25.3 Å². The minimum Gasteiger partial charge on any atom is -0.351 e. The van der Waals surface area contributed by atoms with Gasteiger partial charge in [0.2, 0.25) is 5.91 Å². The van der Waals surface area contributed by atoms with Gasteiger partial charge in [0.15, 0.2) is 5.78 Å². The highest BCUT2D eigenvalue weighted by Gasteiger charge is 1.95. The maximum absolute atomic E-state index is 11.0. The van der Waals surface area contributed by atoms with E-state index < -0.39 is 0 Å². The smallest absolute Gasteiger partial charge is 0.243 e. The van der Waals surface area contributed by atoms with E-state index in [-0.39, 0.29) is 11.7 Å². The Labute approximate surface area is 145 Å². The lowest BCUT2D eigenvalue weighted by molar-refractivity contribution is -0.116. The Kier molecular flexibility index (Phi) is 16.7. The molecular weight excluding hydrogens is 306 g/mol. The highest BCUT2D eigenvalue weighted by atomic mass is 16.1. The first-order chi connectivity index (χ1) is 11.7. The monoisotopic (exact) mass is 339 g/mol. The number of carbonyl (C=O) groups is 2. The van der Waals surface area contributed by atoms with Crippen molar-refractivity contribution in [3.63, 3.8) is 0 Å². The zero-order valence-electron chi connectivity index (χ0n) is 14.7. The first-order valence-electron chi connectivity index (χ1n) is 8.59. The van der Waals surface area contributed by atoms with Crippen LogP contribution in [0, 0.1) is 0 Å². The average molecular weight is 339 g/mol. The maximum Gasteiger partial charge on any atom is 0.243 e. The lowest BCUT2D eigenvalue weighted by Crippen LogP contribution is -2.37. The van der Waals surface area contributed by atoms with E-state index in [9.17, 15) is 9.59 Å². The molecule has 5 N–H and O–H groups in total. The Balaban J connectivity index is 3.07. The molecule has 7 heteroatoms. The van der Waals surface area contributed by atoms with Gasteiger partial charge >= 0.3 is 0 Å². The van der Waals surface area contributed by atoms with Gasteiger partial charge in [-0.15, -0.1) is 0 Å². The summed E-state index contributed by atoms with van der Waals surface area (Å²) in [5.41, 5.74) is 0. The fraction of sp³-hybridized carbons (Fsp3) is 0.647. The van der Waals surface area contributed by atoms with Gasteiger partial charge in [-0.2, -0.15) is 0 Å². The predicted molar refractivity (Wildman–Crippen MR) is 99.1 cm³/mol. The van der Waals surface area contributed by atoms with Gasteiger partial charge < -0.3 is 26.6 Å². The number of allylic oxidation sites excluding steroid dienone is 1. The molecule has 138 valence electrons. The number of ketones is 1. The Morgan fingerprint density at radius 2 is 1.12 bits per heavy atom. The van der Waals surface area contributed by atoms with Crippen LogP contribution in [0.5, 0.6) is 0 Å². The molecule has 0 saturated heterocycles. The summed E-state index contributed by atoms with van der Waals surface area (Å²) in [6.45, 7) is 14.5. The van der Waals surface area contributed by atoms with E-state index in [1.807, 2.05) is 0 Å². The average Bonchev–Trinajstić information content (AvgIpc) is 2.60. The Morgan fingerprint density at radius 3 is 1.58 bits per heavy atom. The van der Waals surface area contributed by atoms with Crippen molar-refractivity contribution in [2.75, 3.05) is 58.9 Å². The van der Waals surface area contributed by atoms with Gasteiger partial charge in [-0.25, -0.2) is 0 Å². The van der Waals surface area contributed by atoms with Gasteiger partial charge in [0, 0.05) is 58.8 Å². The molecule has 0 heterocycles. The van der Waals surface area contributed by atoms with Crippen molar-refractivity contribution in [3.8, 4) is 0 Å². The summed E-state index contributed by atoms with van der Waals surface area (Å²) >= 11 is 0. The molecule has 0 aromatic heterocycles. The van der Waals surface area contributed by atoms with Crippen LogP contribution in [0.15, 0.2) is 25.3 Å². The zero-order valence-corrected chi connectivity index (χ0v) is 14.7. The normalized spacial score (nSPS) is 10.3. The molecule has 0 aliphatic rings. The summed E-state index contributed by atoms with van der Waals surface area (Å²) in [5, 5.41) is 15.9. The fourth-order valence-corrected chi connectivity index (χ4v) is 1.87. The topological polar surface area (TPSA) is 94.3 Å². The summed E-state index contributed by atoms with van der Waals surface area (Å²) < 4.78 is 0. The van der Waals surface area contributed by atoms with Crippen LogP contribution >= 0.6 is 0 Å². The molecule has 7 nitrogen and oxygen atoms in total. The number of amides is 1. The lowest BCUT2D eigenvalue weighted by atomic mass is 10.2. The van der Waals surface area contributed by atoms with Crippen LogP contribution in [-0.2, 0) is 9.59 Å². The summed E-state index contributed by atoms with van der Waals surface area (Å²) in [6, 6.07) is 0. The number of nitrogens with one attached hydrogen (secondary N) is 5. The minimum atomic E-state index is -0.138. The summed E-state index contributed by atoms with van der Waals surface area (Å²) in [6.07, 6.45) is 4.08. The number of hydrogen-bond acceptors (Lipinski definition) is 6. The van der Waals surface area contributed by atoms with Gasteiger partial charge in [0.25, 0.3) is 0 Å². The summed E-state index contributed by atoms with van der Waals surface area (Å²) in [7, 11) is 0. The second-order valence-electron chi connectivity index (χ2n) is 5.27. The highest BCUT2D eigenvalue weighted by molar-refractivity contribution is 5.88. The Hall–Kier alpha value is -1.54. The third-order valence-corrected chi connectivity index (χ3v) is 3.23. The molecule has 0 rings (SSSR count). The zero-order chi connectivity index (χ0) is 17.9. The van der Waals surface area contributed by atoms with Crippen molar-refractivity contribution in [1.82, 2.24) is 26.6 Å². The molecule has 0 bridgehead atoms. The third kappa shape index (κ3) is 16.8. The first-order valence-corrected chi connectivity index (χ1v) is 8.59. The third-order valence-electron chi connectivity index (χ3n) is 3.23. The number of carbonyl (C=O) groups excluding carboxylic acids is 2. The second kappa shape index (κ2) is 17.8. The van der Waals surface area contributed by atoms with Crippen LogP contribution < -0.4 is 26.6 Å². The van der Waals surface area contributed by atoms with E-state index in [0.29, 0.717) is 13.0 Å². The molecule has 0 fully saturated rings. The molecule has 0 spiro atoms. The molecule has 0 radical (unpaired) electrons. The van der Waals surface area contributed by atoms with Gasteiger partial charge in [-0.3, -0.25) is 9.59 Å². The van der Waals surface area contributed by atoms with Crippen LogP contribution in [-0.4, -0.2) is 70.6 Å². The molecule has 24 heavy (non-hydrogen) atoms. The molecular formula is C17H33N5O2. The van der Waals surface area contributed by atoms with Crippen molar-refractivity contribution in [2.24, 2.45) is 0 Å². The quantitative estimate of drug-likeness (QED) is 0.166. The standard InChI is InChI=1S/C17H33N5O2/c1-3-16(23)6-5-7-18-8-9-19-10-11-20-12-13-21-14-15-22-17(24)4-2/h3-4,18-21H,1-2,5-15H2,(H,22,24). The number of hydrogen-bond donors (Lipinski definition) is 5. The fourth-order valence-electron chi connectivity index (χ4n) is 1.87. The lowest BCUT2D eigenvalue weighted by Gasteiger charge is -2.08. The van der Waals surface area contributed by atoms with Crippen LogP contribution in [0.4, 0.5) is 0 Å². The minimum absolute atomic E-state index is 0.108. The maximum atomic E-state index is 11.0. The van der Waals surface area contributed by atoms with E-state index in [4.69, 9.17) is 0 Å². The van der Waals surface area contributed by atoms with E-state index in [1.165, 1.54) is 12.2 Å². The SMILES string of the molecule is C=CC(=O)CCCNCCNCCNCCNCCNC(=O)C=C. The molecule has 0 aliphatic carbocycles. The van der Waals surface area contributed by atoms with E-state index in [1.54, 1.807) is 0 Å². The van der Waals surface area contributed by atoms with Crippen molar-refractivity contribution in [2.45, 2.75) is 12.8 Å². The van der Waals surface area contributed by atoms with E-state index in [0.717, 1.165) is 58.8 Å². The largest absolute Gasteiger partial charge is 0.351 e. The number of rotatable bonds is 18. The predicted octanol–water partition coefficient (Wildman–Crippen LogP) is -0.818. The van der Waals surface area contributed by atoms with Crippen molar-refractivity contribution >= 4 is 11.7 Å². The van der Waals surface area contributed by atoms with Gasteiger partial charge in [0.1, 0.15) is 0 Å². The van der Waals surface area contributed by atoms with Gasteiger partial charge in [0.05, 0.1) is 0 Å². The van der Waals surface area contributed by atoms with Crippen molar-refractivity contribution in [1.29, 1.82) is 0 Å². The molecule has 0 saturated carbocycles. The van der Waals surface area contributed by atoms with Crippen LogP contribution in [0.1, 0.15) is 12.8 Å². The van der Waals surface area contributed by atoms with E-state index >= 15 is 0 Å². The highest BCUT2D eigenvalue weighted by Crippen LogP contribution is 1.89. The summed E-state index contributed by atoms with van der Waals surface area (Å²) in [4.78, 5) is 21.9. The van der Waals surface area contributed by atoms with Crippen LogP contribution in [0.2, 0.25) is 0 Å². The summed E-state index contributed by atoms with van der Waals surface area (Å²) in [5.74, 6) is -0.0299. The molecule has 0 aromatic carbocycles. The van der Waals surface area contributed by atoms with Crippen LogP contribution in [0.3, 0.4) is 0 Å². The molecule has 0 unspecified atom stereocenters. The Bertz CT molecular complexity index is 327. The first kappa shape index (κ1) is 22.5. The van der Waals surface area contributed by atoms with Crippen molar-refractivity contribution < 1.29 is 9.59 Å². The second-order valence-corrected chi connectivity index (χ2v) is 5.27. The molecule has 0 aliphatic heterocycles. The molecule has 0 aromatic rings. The molecule has 0 atom stereocenters. The van der Waals surface area contributed by atoms with E-state index in [2.05, 4.69) is 39.7 Å². The van der Waals surface area contributed by atoms with Gasteiger partial charge in [-0.05, 0) is 25.1 Å².